The molecule has 1 saturated heterocycles. The maximum Gasteiger partial charge on any atom is 0.0847 e. The van der Waals surface area contributed by atoms with Crippen molar-refractivity contribution in [3.05, 3.63) is 17.5 Å². The maximum atomic E-state index is 9.04. The quantitative estimate of drug-likeness (QED) is 0.822. The molecule has 2 N–H and O–H groups in total. The van der Waals surface area contributed by atoms with E-state index in [-0.39, 0.29) is 6.61 Å². The molecule has 0 spiro atoms. The van der Waals surface area contributed by atoms with Crippen LogP contribution >= 0.6 is 0 Å². The van der Waals surface area contributed by atoms with Gasteiger partial charge in [0, 0.05) is 6.04 Å². The van der Waals surface area contributed by atoms with Gasteiger partial charge in [-0.05, 0) is 39.3 Å². The molecule has 1 fully saturated rings. The molecule has 2 heterocycles. The maximum absolute atomic E-state index is 9.04. The molecule has 2 rings (SSSR count). The largest absolute Gasteiger partial charge is 0.390 e. The number of nitrogens with zero attached hydrogens (tertiary/aromatic N) is 2. The molecular formula is C12H21N3O. The molecule has 1 aliphatic rings. The summed E-state index contributed by atoms with van der Waals surface area (Å²) in [4.78, 5) is 2.50. The average molecular weight is 223 g/mol. The molecule has 1 unspecified atom stereocenters. The van der Waals surface area contributed by atoms with Gasteiger partial charge in [-0.25, -0.2) is 0 Å². The highest BCUT2D eigenvalue weighted by atomic mass is 16.3. The van der Waals surface area contributed by atoms with Gasteiger partial charge in [-0.3, -0.25) is 10.00 Å². The Balaban J connectivity index is 2.16. The van der Waals surface area contributed by atoms with Gasteiger partial charge < -0.3 is 5.11 Å². The molecule has 4 nitrogen and oxygen atoms in total. The van der Waals surface area contributed by atoms with Crippen LogP contribution in [0.25, 0.3) is 0 Å². The van der Waals surface area contributed by atoms with Crippen LogP contribution in [0.2, 0.25) is 0 Å². The predicted molar refractivity (Wildman–Crippen MR) is 62.9 cm³/mol. The normalized spacial score (nSPS) is 22.9. The molecule has 0 amide bonds. The number of likely N-dealkylation sites (tertiary alicyclic amines) is 1. The fourth-order valence-corrected chi connectivity index (χ4v) is 2.52. The number of aliphatic hydroxyl groups excluding tert-OH is 1. The fraction of sp³-hybridized carbons (Fsp3) is 0.750. The summed E-state index contributed by atoms with van der Waals surface area (Å²) in [6, 6.07) is 2.97. The molecule has 0 bridgehead atoms. The van der Waals surface area contributed by atoms with Crippen LogP contribution in [0.4, 0.5) is 0 Å². The summed E-state index contributed by atoms with van der Waals surface area (Å²) in [5.41, 5.74) is 1.89. The monoisotopic (exact) mass is 223 g/mol. The zero-order valence-corrected chi connectivity index (χ0v) is 10.1. The van der Waals surface area contributed by atoms with Crippen LogP contribution < -0.4 is 0 Å². The Bertz CT molecular complexity index is 335. The topological polar surface area (TPSA) is 52.1 Å². The zero-order chi connectivity index (χ0) is 11.5. The van der Waals surface area contributed by atoms with Crippen molar-refractivity contribution in [2.45, 2.75) is 51.8 Å². The number of rotatable bonds is 3. The first kappa shape index (κ1) is 11.6. The number of nitrogens with one attached hydrogen (secondary N) is 1. The van der Waals surface area contributed by atoms with Crippen molar-refractivity contribution >= 4 is 0 Å². The minimum absolute atomic E-state index is 0.0431. The number of aromatic nitrogens is 2. The lowest BCUT2D eigenvalue weighted by Gasteiger charge is -2.37. The van der Waals surface area contributed by atoms with Gasteiger partial charge in [-0.2, -0.15) is 5.10 Å². The Hall–Kier alpha value is -0.870. The van der Waals surface area contributed by atoms with Gasteiger partial charge in [0.05, 0.1) is 24.0 Å². The Labute approximate surface area is 96.7 Å². The van der Waals surface area contributed by atoms with E-state index >= 15 is 0 Å². The van der Waals surface area contributed by atoms with Crippen molar-refractivity contribution in [1.29, 1.82) is 0 Å². The standard InChI is InChI=1S/C12H21N3O/c1-9(2)15-6-4-3-5-12(15)11-7-10(8-16)13-14-11/h7,9,12,16H,3-6,8H2,1-2H3,(H,13,14). The summed E-state index contributed by atoms with van der Waals surface area (Å²) in [5, 5.41) is 16.2. The Morgan fingerprint density at radius 2 is 2.38 bits per heavy atom. The highest BCUT2D eigenvalue weighted by Gasteiger charge is 2.27. The SMILES string of the molecule is CC(C)N1CCCCC1c1cc(CO)[nH]n1. The predicted octanol–water partition coefficient (Wildman–Crippen LogP) is 1.84. The first-order valence-electron chi connectivity index (χ1n) is 6.13. The molecule has 1 aliphatic heterocycles. The number of aliphatic hydroxyl groups is 1. The lowest BCUT2D eigenvalue weighted by molar-refractivity contribution is 0.109. The summed E-state index contributed by atoms with van der Waals surface area (Å²) in [6.45, 7) is 5.67. The van der Waals surface area contributed by atoms with Gasteiger partial charge in [0.25, 0.3) is 0 Å². The average Bonchev–Trinajstić information content (AvgIpc) is 2.77. The van der Waals surface area contributed by atoms with E-state index in [4.69, 9.17) is 5.11 Å². The van der Waals surface area contributed by atoms with Gasteiger partial charge in [0.1, 0.15) is 0 Å². The molecule has 16 heavy (non-hydrogen) atoms. The summed E-state index contributed by atoms with van der Waals surface area (Å²) >= 11 is 0. The molecule has 0 aromatic carbocycles. The molecule has 1 aromatic rings. The van der Waals surface area contributed by atoms with Gasteiger partial charge >= 0.3 is 0 Å². The third kappa shape index (κ3) is 2.28. The number of hydrogen-bond acceptors (Lipinski definition) is 3. The first-order chi connectivity index (χ1) is 7.72. The van der Waals surface area contributed by atoms with Crippen LogP contribution in [0.15, 0.2) is 6.07 Å². The van der Waals surface area contributed by atoms with Crippen molar-refractivity contribution in [2.24, 2.45) is 0 Å². The van der Waals surface area contributed by atoms with Gasteiger partial charge in [0.15, 0.2) is 0 Å². The van der Waals surface area contributed by atoms with Crippen molar-refractivity contribution in [1.82, 2.24) is 15.1 Å². The van der Waals surface area contributed by atoms with E-state index < -0.39 is 0 Å². The minimum atomic E-state index is 0.0431. The lowest BCUT2D eigenvalue weighted by Crippen LogP contribution is -2.38. The van der Waals surface area contributed by atoms with Crippen molar-refractivity contribution in [3.63, 3.8) is 0 Å². The highest BCUT2D eigenvalue weighted by molar-refractivity contribution is 5.13. The Kier molecular flexibility index (Phi) is 3.61. The summed E-state index contributed by atoms with van der Waals surface area (Å²) in [7, 11) is 0. The van der Waals surface area contributed by atoms with Crippen LogP contribution in [0, 0.1) is 0 Å². The summed E-state index contributed by atoms with van der Waals surface area (Å²) in [5.74, 6) is 0. The van der Waals surface area contributed by atoms with Crippen LogP contribution in [-0.2, 0) is 6.61 Å². The van der Waals surface area contributed by atoms with Gasteiger partial charge in [0.2, 0.25) is 0 Å². The second kappa shape index (κ2) is 4.97. The van der Waals surface area contributed by atoms with Crippen LogP contribution in [0.3, 0.4) is 0 Å². The Morgan fingerprint density at radius 3 is 3.00 bits per heavy atom. The lowest BCUT2D eigenvalue weighted by atomic mass is 9.97. The Morgan fingerprint density at radius 1 is 1.56 bits per heavy atom. The van der Waals surface area contributed by atoms with Crippen molar-refractivity contribution in [2.75, 3.05) is 6.54 Å². The fourth-order valence-electron chi connectivity index (χ4n) is 2.52. The van der Waals surface area contributed by atoms with E-state index in [1.807, 2.05) is 6.07 Å². The van der Waals surface area contributed by atoms with E-state index in [9.17, 15) is 0 Å². The number of aromatic amines is 1. The number of hydrogen-bond donors (Lipinski definition) is 2. The number of piperidine rings is 1. The van der Waals surface area contributed by atoms with E-state index in [2.05, 4.69) is 28.9 Å². The molecule has 1 aromatic heterocycles. The number of H-pyrrole nitrogens is 1. The zero-order valence-electron chi connectivity index (χ0n) is 10.1. The molecule has 0 saturated carbocycles. The van der Waals surface area contributed by atoms with Gasteiger partial charge in [-0.1, -0.05) is 6.42 Å². The van der Waals surface area contributed by atoms with Crippen molar-refractivity contribution < 1.29 is 5.11 Å². The van der Waals surface area contributed by atoms with Crippen molar-refractivity contribution in [3.8, 4) is 0 Å². The van der Waals surface area contributed by atoms with Crippen LogP contribution in [0.5, 0.6) is 0 Å². The van der Waals surface area contributed by atoms with E-state index in [1.165, 1.54) is 19.3 Å². The van der Waals surface area contributed by atoms with E-state index in [0.29, 0.717) is 12.1 Å². The highest BCUT2D eigenvalue weighted by Crippen LogP contribution is 2.31. The molecule has 0 radical (unpaired) electrons. The molecule has 4 heteroatoms. The third-order valence-corrected chi connectivity index (χ3v) is 3.37. The van der Waals surface area contributed by atoms with Crippen LogP contribution in [-0.4, -0.2) is 32.8 Å². The van der Waals surface area contributed by atoms with Crippen LogP contribution in [0.1, 0.15) is 50.5 Å². The third-order valence-electron chi connectivity index (χ3n) is 3.37. The van der Waals surface area contributed by atoms with E-state index in [0.717, 1.165) is 17.9 Å². The summed E-state index contributed by atoms with van der Waals surface area (Å²) < 4.78 is 0. The molecular weight excluding hydrogens is 202 g/mol. The minimum Gasteiger partial charge on any atom is -0.390 e. The molecule has 90 valence electrons. The smallest absolute Gasteiger partial charge is 0.0847 e. The molecule has 0 aliphatic carbocycles. The van der Waals surface area contributed by atoms with E-state index in [1.54, 1.807) is 0 Å². The summed E-state index contributed by atoms with van der Waals surface area (Å²) in [6.07, 6.45) is 3.73. The molecule has 1 atom stereocenters. The second-order valence-electron chi connectivity index (χ2n) is 4.82. The van der Waals surface area contributed by atoms with Gasteiger partial charge in [-0.15, -0.1) is 0 Å². The second-order valence-corrected chi connectivity index (χ2v) is 4.82. The first-order valence-corrected chi connectivity index (χ1v) is 6.13.